The molecule has 0 atom stereocenters. The summed E-state index contributed by atoms with van der Waals surface area (Å²) in [7, 11) is 0. The Morgan fingerprint density at radius 1 is 1.37 bits per heavy atom. The molecular weight excluding hydrogens is 268 g/mol. The van der Waals surface area contributed by atoms with Crippen LogP contribution < -0.4 is 5.32 Å². The molecule has 2 amide bonds. The lowest BCUT2D eigenvalue weighted by molar-refractivity contribution is -0.122. The van der Waals surface area contributed by atoms with Crippen LogP contribution in [0.1, 0.15) is 31.3 Å². The molecule has 0 radical (unpaired) electrons. The van der Waals surface area contributed by atoms with E-state index in [1.165, 1.54) is 17.3 Å². The second-order valence-electron chi connectivity index (χ2n) is 4.27. The third-order valence-corrected chi connectivity index (χ3v) is 2.49. The number of halogens is 1. The first-order valence-electron chi connectivity index (χ1n) is 6.00. The minimum absolute atomic E-state index is 0.00216. The summed E-state index contributed by atoms with van der Waals surface area (Å²) >= 11 is 5.61. The molecule has 19 heavy (non-hydrogen) atoms. The Morgan fingerprint density at radius 2 is 2.05 bits per heavy atom. The van der Waals surface area contributed by atoms with Crippen LogP contribution in [0.3, 0.4) is 0 Å². The van der Waals surface area contributed by atoms with Crippen molar-refractivity contribution < 1.29 is 9.59 Å². The maximum atomic E-state index is 12.1. The highest BCUT2D eigenvalue weighted by Crippen LogP contribution is 2.04. The minimum atomic E-state index is -0.342. The Balaban J connectivity index is 2.71. The van der Waals surface area contributed by atoms with Gasteiger partial charge in [-0.15, -0.1) is 0 Å². The van der Waals surface area contributed by atoms with Crippen LogP contribution >= 0.6 is 11.6 Å². The zero-order chi connectivity index (χ0) is 14.4. The van der Waals surface area contributed by atoms with Gasteiger partial charge in [-0.05, 0) is 20.8 Å². The van der Waals surface area contributed by atoms with E-state index in [9.17, 15) is 9.59 Å². The van der Waals surface area contributed by atoms with Crippen molar-refractivity contribution in [2.24, 2.45) is 0 Å². The van der Waals surface area contributed by atoms with E-state index in [2.05, 4.69) is 15.3 Å². The highest BCUT2D eigenvalue weighted by molar-refractivity contribution is 6.29. The summed E-state index contributed by atoms with van der Waals surface area (Å²) in [5.41, 5.74) is 0.170. The van der Waals surface area contributed by atoms with Gasteiger partial charge < -0.3 is 10.2 Å². The molecule has 1 heterocycles. The average molecular weight is 285 g/mol. The van der Waals surface area contributed by atoms with E-state index in [4.69, 9.17) is 11.6 Å². The third-order valence-electron chi connectivity index (χ3n) is 2.29. The molecule has 1 aromatic rings. The van der Waals surface area contributed by atoms with Crippen molar-refractivity contribution in [2.75, 3.05) is 13.1 Å². The Bertz CT molecular complexity index is 448. The van der Waals surface area contributed by atoms with Crippen LogP contribution in [0.2, 0.25) is 5.15 Å². The summed E-state index contributed by atoms with van der Waals surface area (Å²) in [6.45, 7) is 5.93. The van der Waals surface area contributed by atoms with Gasteiger partial charge in [0.1, 0.15) is 10.8 Å². The van der Waals surface area contributed by atoms with E-state index in [-0.39, 0.29) is 35.2 Å². The summed E-state index contributed by atoms with van der Waals surface area (Å²) in [5, 5.41) is 2.95. The van der Waals surface area contributed by atoms with Crippen LogP contribution in [-0.4, -0.2) is 45.8 Å². The fourth-order valence-corrected chi connectivity index (χ4v) is 1.55. The number of aromatic nitrogens is 2. The topological polar surface area (TPSA) is 75.2 Å². The molecule has 0 bridgehead atoms. The molecule has 0 fully saturated rings. The van der Waals surface area contributed by atoms with Crippen molar-refractivity contribution in [2.45, 2.75) is 26.8 Å². The molecule has 1 N–H and O–H groups in total. The van der Waals surface area contributed by atoms with Crippen molar-refractivity contribution in [3.8, 4) is 0 Å². The van der Waals surface area contributed by atoms with Gasteiger partial charge in [-0.2, -0.15) is 0 Å². The van der Waals surface area contributed by atoms with E-state index in [0.717, 1.165) is 0 Å². The van der Waals surface area contributed by atoms with Crippen molar-refractivity contribution in [3.63, 3.8) is 0 Å². The molecular formula is C12H17ClN4O2. The number of carbonyl (C=O) groups is 2. The predicted octanol–water partition coefficient (Wildman–Crippen LogP) is 1.12. The summed E-state index contributed by atoms with van der Waals surface area (Å²) in [5.74, 6) is -0.544. The standard InChI is InChI=1S/C12H17ClN4O2/c1-4-17(7-11(18)16-8(2)3)12(19)9-5-15-10(13)6-14-9/h5-6,8H,4,7H2,1-3H3,(H,16,18). The van der Waals surface area contributed by atoms with Gasteiger partial charge in [-0.3, -0.25) is 9.59 Å². The highest BCUT2D eigenvalue weighted by atomic mass is 35.5. The van der Waals surface area contributed by atoms with Gasteiger partial charge in [0.15, 0.2) is 0 Å². The fraction of sp³-hybridized carbons (Fsp3) is 0.500. The first-order valence-corrected chi connectivity index (χ1v) is 6.38. The summed E-state index contributed by atoms with van der Waals surface area (Å²) < 4.78 is 0. The van der Waals surface area contributed by atoms with E-state index < -0.39 is 0 Å². The molecule has 104 valence electrons. The van der Waals surface area contributed by atoms with Gasteiger partial charge in [0.25, 0.3) is 5.91 Å². The van der Waals surface area contributed by atoms with Gasteiger partial charge in [-0.1, -0.05) is 11.6 Å². The van der Waals surface area contributed by atoms with Crippen molar-refractivity contribution in [1.29, 1.82) is 0 Å². The number of nitrogens with one attached hydrogen (secondary N) is 1. The number of hydrogen-bond donors (Lipinski definition) is 1. The van der Waals surface area contributed by atoms with Crippen LogP contribution in [0.5, 0.6) is 0 Å². The molecule has 1 rings (SSSR count). The van der Waals surface area contributed by atoms with E-state index in [1.54, 1.807) is 6.92 Å². The van der Waals surface area contributed by atoms with Gasteiger partial charge >= 0.3 is 0 Å². The largest absolute Gasteiger partial charge is 0.352 e. The number of hydrogen-bond acceptors (Lipinski definition) is 4. The molecule has 0 unspecified atom stereocenters. The van der Waals surface area contributed by atoms with E-state index in [0.29, 0.717) is 6.54 Å². The molecule has 0 aliphatic rings. The Morgan fingerprint density at radius 3 is 2.53 bits per heavy atom. The Kier molecular flexibility index (Phi) is 5.69. The Labute approximate surface area is 117 Å². The number of likely N-dealkylation sites (N-methyl/N-ethyl adjacent to an activating group) is 1. The van der Waals surface area contributed by atoms with Crippen LogP contribution in [0.15, 0.2) is 12.4 Å². The zero-order valence-electron chi connectivity index (χ0n) is 11.2. The zero-order valence-corrected chi connectivity index (χ0v) is 11.9. The third kappa shape index (κ3) is 4.82. The molecule has 1 aromatic heterocycles. The van der Waals surface area contributed by atoms with Crippen LogP contribution in [0.25, 0.3) is 0 Å². The molecule has 0 saturated carbocycles. The maximum Gasteiger partial charge on any atom is 0.274 e. The summed E-state index contributed by atoms with van der Waals surface area (Å²) in [6.07, 6.45) is 2.60. The molecule has 0 aromatic carbocycles. The lowest BCUT2D eigenvalue weighted by Gasteiger charge is -2.20. The lowest BCUT2D eigenvalue weighted by Crippen LogP contribution is -2.42. The molecule has 0 spiro atoms. The van der Waals surface area contributed by atoms with E-state index >= 15 is 0 Å². The van der Waals surface area contributed by atoms with Gasteiger partial charge in [0, 0.05) is 12.6 Å². The van der Waals surface area contributed by atoms with Gasteiger partial charge in [0.2, 0.25) is 5.91 Å². The maximum absolute atomic E-state index is 12.1. The average Bonchev–Trinajstić information content (AvgIpc) is 2.35. The number of amides is 2. The quantitative estimate of drug-likeness (QED) is 0.879. The molecule has 0 saturated heterocycles. The van der Waals surface area contributed by atoms with Crippen LogP contribution in [0, 0.1) is 0 Å². The van der Waals surface area contributed by atoms with Crippen LogP contribution in [0.4, 0.5) is 0 Å². The number of nitrogens with zero attached hydrogens (tertiary/aromatic N) is 3. The van der Waals surface area contributed by atoms with Gasteiger partial charge in [-0.25, -0.2) is 9.97 Å². The molecule has 0 aliphatic heterocycles. The normalized spacial score (nSPS) is 10.4. The molecule has 0 aliphatic carbocycles. The highest BCUT2D eigenvalue weighted by Gasteiger charge is 2.19. The SMILES string of the molecule is CCN(CC(=O)NC(C)C)C(=O)c1cnc(Cl)cn1. The monoisotopic (exact) mass is 284 g/mol. The van der Waals surface area contributed by atoms with Crippen molar-refractivity contribution in [1.82, 2.24) is 20.2 Å². The first kappa shape index (κ1) is 15.4. The van der Waals surface area contributed by atoms with E-state index in [1.807, 2.05) is 13.8 Å². The number of rotatable bonds is 5. The number of carbonyl (C=O) groups excluding carboxylic acids is 2. The summed E-state index contributed by atoms with van der Waals surface area (Å²) in [6, 6.07) is 0.0385. The molecule has 6 nitrogen and oxygen atoms in total. The second kappa shape index (κ2) is 7.04. The van der Waals surface area contributed by atoms with Crippen molar-refractivity contribution >= 4 is 23.4 Å². The minimum Gasteiger partial charge on any atom is -0.352 e. The van der Waals surface area contributed by atoms with Crippen LogP contribution in [-0.2, 0) is 4.79 Å². The first-order chi connectivity index (χ1) is 8.93. The molecule has 7 heteroatoms. The van der Waals surface area contributed by atoms with Crippen molar-refractivity contribution in [3.05, 3.63) is 23.2 Å². The smallest absolute Gasteiger partial charge is 0.274 e. The second-order valence-corrected chi connectivity index (χ2v) is 4.65. The lowest BCUT2D eigenvalue weighted by atomic mass is 10.3. The predicted molar refractivity (Wildman–Crippen MR) is 71.9 cm³/mol. The fourth-order valence-electron chi connectivity index (χ4n) is 1.45. The van der Waals surface area contributed by atoms with Gasteiger partial charge in [0.05, 0.1) is 18.9 Å². The summed E-state index contributed by atoms with van der Waals surface area (Å²) in [4.78, 5) is 32.9. The Hall–Kier alpha value is -1.69.